The molecular formula is C23H26FN5O2. The first kappa shape index (κ1) is 19.2. The number of piperazine rings is 1. The van der Waals surface area contributed by atoms with Gasteiger partial charge in [-0.05, 0) is 61.3 Å². The molecule has 3 aliphatic heterocycles. The molecule has 2 aliphatic carbocycles. The zero-order chi connectivity index (χ0) is 21.4. The van der Waals surface area contributed by atoms with Crippen molar-refractivity contribution in [1.29, 1.82) is 5.26 Å². The molecule has 7 atom stereocenters. The van der Waals surface area contributed by atoms with Crippen LogP contribution in [-0.4, -0.2) is 69.8 Å². The van der Waals surface area contributed by atoms with Gasteiger partial charge in [0.05, 0.1) is 24.2 Å². The lowest BCUT2D eigenvalue weighted by Gasteiger charge is -2.38. The highest BCUT2D eigenvalue weighted by Crippen LogP contribution is 2.48. The fourth-order valence-electron chi connectivity index (χ4n) is 6.56. The van der Waals surface area contributed by atoms with E-state index in [9.17, 15) is 19.2 Å². The summed E-state index contributed by atoms with van der Waals surface area (Å²) in [4.78, 5) is 31.9. The lowest BCUT2D eigenvalue weighted by atomic mass is 10.1. The zero-order valence-corrected chi connectivity index (χ0v) is 17.3. The average Bonchev–Trinajstić information content (AvgIpc) is 3.08. The average molecular weight is 423 g/mol. The number of nitrogens with zero attached hydrogens (tertiary/aromatic N) is 4. The Morgan fingerprint density at radius 3 is 2.90 bits per heavy atom. The lowest BCUT2D eigenvalue weighted by molar-refractivity contribution is -0.141. The molecule has 3 heterocycles. The van der Waals surface area contributed by atoms with Gasteiger partial charge in [0.15, 0.2) is 0 Å². The van der Waals surface area contributed by atoms with E-state index in [2.05, 4.69) is 11.0 Å². The van der Waals surface area contributed by atoms with Gasteiger partial charge in [-0.2, -0.15) is 5.26 Å². The molecule has 5 aliphatic rings. The minimum atomic E-state index is -0.717. The second kappa shape index (κ2) is 6.75. The summed E-state index contributed by atoms with van der Waals surface area (Å²) in [6.45, 7) is 1.05. The van der Waals surface area contributed by atoms with Crippen LogP contribution < -0.4 is 5.73 Å². The van der Waals surface area contributed by atoms with Gasteiger partial charge in [0.1, 0.15) is 11.9 Å². The quantitative estimate of drug-likeness (QED) is 0.778. The van der Waals surface area contributed by atoms with E-state index in [1.807, 2.05) is 11.0 Å². The summed E-state index contributed by atoms with van der Waals surface area (Å²) in [5.74, 6) is 0.168. The number of hydrogen-bond acceptors (Lipinski definition) is 5. The van der Waals surface area contributed by atoms with Gasteiger partial charge in [0.2, 0.25) is 11.8 Å². The Balaban J connectivity index is 1.13. The maximum absolute atomic E-state index is 13.6. The third-order valence-corrected chi connectivity index (χ3v) is 8.06. The van der Waals surface area contributed by atoms with E-state index in [4.69, 9.17) is 5.73 Å². The Morgan fingerprint density at radius 1 is 1.29 bits per heavy atom. The van der Waals surface area contributed by atoms with E-state index in [1.165, 1.54) is 6.07 Å². The Morgan fingerprint density at radius 2 is 2.13 bits per heavy atom. The van der Waals surface area contributed by atoms with Crippen LogP contribution in [0.25, 0.3) is 0 Å². The van der Waals surface area contributed by atoms with Crippen LogP contribution in [0.1, 0.15) is 42.9 Å². The van der Waals surface area contributed by atoms with Crippen LogP contribution in [0.5, 0.6) is 0 Å². The molecule has 0 spiro atoms. The molecule has 1 unspecified atom stereocenters. The largest absolute Gasteiger partial charge is 0.330 e. The molecule has 8 heteroatoms. The van der Waals surface area contributed by atoms with E-state index in [0.717, 1.165) is 43.2 Å². The summed E-state index contributed by atoms with van der Waals surface area (Å²) in [5.41, 5.74) is 8.35. The van der Waals surface area contributed by atoms with Crippen molar-refractivity contribution in [3.63, 3.8) is 0 Å². The SMILES string of the molecule is N#C[C@@H]1C[C@@H]2C[C@@H]2N1C(=O)[C@@H](N)CN1CC2C[C@@H]1C(=O)N2[C@@H]1CCc2cc(F)ccc21. The number of rotatable bonds is 4. The topological polar surface area (TPSA) is 93.7 Å². The van der Waals surface area contributed by atoms with Gasteiger partial charge in [0.25, 0.3) is 0 Å². The van der Waals surface area contributed by atoms with Crippen molar-refractivity contribution >= 4 is 11.8 Å². The maximum atomic E-state index is 13.6. The number of nitriles is 1. The van der Waals surface area contributed by atoms with Crippen molar-refractivity contribution in [2.45, 2.75) is 68.4 Å². The molecule has 0 radical (unpaired) electrons. The molecule has 31 heavy (non-hydrogen) atoms. The van der Waals surface area contributed by atoms with E-state index in [1.54, 1.807) is 11.0 Å². The van der Waals surface area contributed by atoms with Crippen molar-refractivity contribution in [1.82, 2.24) is 14.7 Å². The standard InChI is InChI=1S/C23H26FN5O2/c24-14-2-3-17-12(5-14)1-4-19(17)29-16-8-21(23(29)31)27(10-16)11-18(26)22(30)28-15(9-25)6-13-7-20(13)28/h2-3,5,13,15-16,18-21H,1,4,6-8,10-11,26H2/t13-,15+,16?,18+,19-,20+,21-/m1/s1. The maximum Gasteiger partial charge on any atom is 0.242 e. The smallest absolute Gasteiger partial charge is 0.242 e. The monoisotopic (exact) mass is 423 g/mol. The molecule has 2 N–H and O–H groups in total. The molecule has 2 amide bonds. The fraction of sp³-hybridized carbons (Fsp3) is 0.609. The van der Waals surface area contributed by atoms with Gasteiger partial charge in [-0.3, -0.25) is 14.5 Å². The Hall–Kier alpha value is -2.50. The number of fused-ring (bicyclic) bond motifs is 4. The second-order valence-electron chi connectivity index (χ2n) is 9.80. The summed E-state index contributed by atoms with van der Waals surface area (Å²) in [5, 5.41) is 9.36. The molecule has 1 aromatic carbocycles. The van der Waals surface area contributed by atoms with Gasteiger partial charge in [-0.1, -0.05) is 6.07 Å². The molecular weight excluding hydrogens is 397 g/mol. The summed E-state index contributed by atoms with van der Waals surface area (Å²) in [7, 11) is 0. The van der Waals surface area contributed by atoms with Gasteiger partial charge in [-0.25, -0.2) is 4.39 Å². The first-order chi connectivity index (χ1) is 15.0. The Kier molecular flexibility index (Phi) is 4.18. The van der Waals surface area contributed by atoms with Crippen LogP contribution in [0, 0.1) is 23.1 Å². The summed E-state index contributed by atoms with van der Waals surface area (Å²) >= 11 is 0. The first-order valence-corrected chi connectivity index (χ1v) is 11.3. The number of carbonyl (C=O) groups is 2. The highest BCUT2D eigenvalue weighted by molar-refractivity contribution is 5.87. The number of carbonyl (C=O) groups excluding carboxylic acids is 2. The van der Waals surface area contributed by atoms with Crippen LogP contribution >= 0.6 is 0 Å². The molecule has 3 saturated heterocycles. The number of piperidine rings is 1. The minimum absolute atomic E-state index is 0.0170. The molecule has 7 nitrogen and oxygen atoms in total. The lowest BCUT2D eigenvalue weighted by Crippen LogP contribution is -2.57. The number of halogens is 1. The highest BCUT2D eigenvalue weighted by Gasteiger charge is 2.56. The Bertz CT molecular complexity index is 1010. The number of hydrogen-bond donors (Lipinski definition) is 1. The van der Waals surface area contributed by atoms with Crippen molar-refractivity contribution in [3.8, 4) is 6.07 Å². The first-order valence-electron chi connectivity index (χ1n) is 11.3. The van der Waals surface area contributed by atoms with Gasteiger partial charge in [-0.15, -0.1) is 0 Å². The molecule has 1 aromatic rings. The molecule has 1 saturated carbocycles. The molecule has 0 aromatic heterocycles. The van der Waals surface area contributed by atoms with Crippen LogP contribution in [0.2, 0.25) is 0 Å². The second-order valence-corrected chi connectivity index (χ2v) is 9.80. The van der Waals surface area contributed by atoms with E-state index in [0.29, 0.717) is 19.0 Å². The van der Waals surface area contributed by atoms with Crippen LogP contribution in [0.15, 0.2) is 18.2 Å². The van der Waals surface area contributed by atoms with Crippen molar-refractivity contribution < 1.29 is 14.0 Å². The number of aryl methyl sites for hydroxylation is 1. The van der Waals surface area contributed by atoms with Gasteiger partial charge in [0, 0.05) is 25.2 Å². The van der Waals surface area contributed by atoms with Crippen molar-refractivity contribution in [2.75, 3.05) is 13.1 Å². The number of amides is 2. The van der Waals surface area contributed by atoms with Gasteiger partial charge >= 0.3 is 0 Å². The predicted octanol–water partition coefficient (Wildman–Crippen LogP) is 0.938. The predicted molar refractivity (Wildman–Crippen MR) is 109 cm³/mol. The zero-order valence-electron chi connectivity index (χ0n) is 17.3. The van der Waals surface area contributed by atoms with E-state index >= 15 is 0 Å². The number of likely N-dealkylation sites (tertiary alicyclic amines) is 3. The molecule has 162 valence electrons. The normalized spacial score (nSPS) is 36.5. The molecule has 2 bridgehead atoms. The van der Waals surface area contributed by atoms with Crippen molar-refractivity contribution in [2.24, 2.45) is 11.7 Å². The van der Waals surface area contributed by atoms with Crippen molar-refractivity contribution in [3.05, 3.63) is 35.1 Å². The highest BCUT2D eigenvalue weighted by atomic mass is 19.1. The molecule has 4 fully saturated rings. The van der Waals surface area contributed by atoms with E-state index in [-0.39, 0.29) is 47.8 Å². The summed E-state index contributed by atoms with van der Waals surface area (Å²) in [6, 6.07) is 6.11. The Labute approximate surface area is 180 Å². The van der Waals surface area contributed by atoms with Gasteiger partial charge < -0.3 is 15.5 Å². The third kappa shape index (κ3) is 2.83. The number of nitrogens with two attached hydrogens (primary N) is 1. The van der Waals surface area contributed by atoms with Crippen LogP contribution in [0.3, 0.4) is 0 Å². The van der Waals surface area contributed by atoms with Crippen LogP contribution in [0.4, 0.5) is 4.39 Å². The fourth-order valence-corrected chi connectivity index (χ4v) is 6.56. The van der Waals surface area contributed by atoms with Crippen LogP contribution in [-0.2, 0) is 16.0 Å². The molecule has 6 rings (SSSR count). The summed E-state index contributed by atoms with van der Waals surface area (Å²) < 4.78 is 13.6. The van der Waals surface area contributed by atoms with E-state index < -0.39 is 6.04 Å². The number of benzene rings is 1. The minimum Gasteiger partial charge on any atom is -0.330 e. The third-order valence-electron chi connectivity index (χ3n) is 8.06. The summed E-state index contributed by atoms with van der Waals surface area (Å²) in [6.07, 6.45) is 4.11.